The van der Waals surface area contributed by atoms with E-state index in [1.165, 1.54) is 0 Å². The van der Waals surface area contributed by atoms with Crippen LogP contribution in [0, 0.1) is 5.21 Å². The monoisotopic (exact) mass is 374 g/mol. The van der Waals surface area contributed by atoms with Crippen LogP contribution in [0.15, 0.2) is 72.6 Å². The Bertz CT molecular complexity index is 994. The quantitative estimate of drug-likeness (QED) is 0.507. The van der Waals surface area contributed by atoms with Gasteiger partial charge in [0.25, 0.3) is 0 Å². The summed E-state index contributed by atoms with van der Waals surface area (Å²) in [4.78, 5) is 0. The summed E-state index contributed by atoms with van der Waals surface area (Å²) in [5.74, 6) is 0.629. The van der Waals surface area contributed by atoms with Crippen LogP contribution in [0.25, 0.3) is 22.5 Å². The first kappa shape index (κ1) is 18.1. The van der Waals surface area contributed by atoms with Gasteiger partial charge in [-0.15, -0.1) is 5.10 Å². The highest BCUT2D eigenvalue weighted by Crippen LogP contribution is 2.31. The summed E-state index contributed by atoms with van der Waals surface area (Å²) >= 11 is 0. The van der Waals surface area contributed by atoms with Crippen LogP contribution in [0.4, 0.5) is 0 Å². The number of hydrogen-bond acceptors (Lipinski definition) is 5. The summed E-state index contributed by atoms with van der Waals surface area (Å²) in [7, 11) is 0. The second-order valence-electron chi connectivity index (χ2n) is 6.78. The molecule has 0 fully saturated rings. The number of aromatic nitrogens is 4. The molecule has 0 aliphatic carbocycles. The van der Waals surface area contributed by atoms with E-state index in [4.69, 9.17) is 0 Å². The van der Waals surface area contributed by atoms with E-state index in [1.807, 2.05) is 66.9 Å². The zero-order valence-corrected chi connectivity index (χ0v) is 15.7. The lowest BCUT2D eigenvalue weighted by molar-refractivity contribution is -0.849. The van der Waals surface area contributed by atoms with Gasteiger partial charge in [-0.25, -0.2) is 5.10 Å². The molecule has 0 radical (unpaired) electrons. The molecule has 1 aromatic heterocycles. The van der Waals surface area contributed by atoms with Gasteiger partial charge in [0.05, 0.1) is 6.20 Å². The van der Waals surface area contributed by atoms with Crippen molar-refractivity contribution < 1.29 is 4.65 Å². The van der Waals surface area contributed by atoms with Crippen LogP contribution >= 0.6 is 0 Å². The second kappa shape index (κ2) is 7.75. The van der Waals surface area contributed by atoms with Crippen LogP contribution in [0.2, 0.25) is 0 Å². The van der Waals surface area contributed by atoms with Crippen LogP contribution in [-0.2, 0) is 6.54 Å². The molecular weight excluding hydrogens is 352 g/mol. The topological polar surface area (TPSA) is 89.5 Å². The molecule has 0 bridgehead atoms. The molecule has 142 valence electrons. The van der Waals surface area contributed by atoms with Crippen LogP contribution in [0.5, 0.6) is 0 Å². The van der Waals surface area contributed by atoms with E-state index >= 15 is 0 Å². The number of allylic oxidation sites excluding steroid dienone is 2. The normalized spacial score (nSPS) is 19.0. The maximum absolute atomic E-state index is 13.2. The van der Waals surface area contributed by atoms with Crippen molar-refractivity contribution in [3.63, 3.8) is 0 Å². The average Bonchev–Trinajstić information content (AvgIpc) is 3.37. The van der Waals surface area contributed by atoms with Gasteiger partial charge in [0, 0.05) is 11.1 Å². The predicted molar refractivity (Wildman–Crippen MR) is 108 cm³/mol. The van der Waals surface area contributed by atoms with Crippen LogP contribution < -0.4 is 5.32 Å². The Balaban J connectivity index is 1.58. The number of nitrogens with one attached hydrogen (secondary N) is 2. The van der Waals surface area contributed by atoms with E-state index in [0.29, 0.717) is 19.0 Å². The first-order valence-electron chi connectivity index (χ1n) is 9.31. The Hall–Kier alpha value is -3.29. The van der Waals surface area contributed by atoms with Crippen molar-refractivity contribution in [2.75, 3.05) is 6.67 Å². The van der Waals surface area contributed by atoms with Crippen molar-refractivity contribution in [1.29, 1.82) is 0 Å². The molecule has 1 aliphatic rings. The minimum atomic E-state index is -0.393. The SMILES string of the molecule is CCC=CC1=CNC[N+]1([O-])Cc1ccc(-c2ccccc2-c2nnn[nH]2)cc1. The van der Waals surface area contributed by atoms with Gasteiger partial charge in [0.2, 0.25) is 0 Å². The average molecular weight is 374 g/mol. The molecule has 0 saturated carbocycles. The minimum Gasteiger partial charge on any atom is -0.626 e. The first-order chi connectivity index (χ1) is 13.7. The van der Waals surface area contributed by atoms with Crippen molar-refractivity contribution in [2.45, 2.75) is 19.9 Å². The third kappa shape index (κ3) is 3.58. The Kier molecular flexibility index (Phi) is 5.01. The molecule has 3 aromatic rings. The lowest BCUT2D eigenvalue weighted by Crippen LogP contribution is -2.40. The molecule has 1 aliphatic heterocycles. The minimum absolute atomic E-state index is 0.354. The summed E-state index contributed by atoms with van der Waals surface area (Å²) in [6.45, 7) is 2.80. The second-order valence-corrected chi connectivity index (χ2v) is 6.78. The summed E-state index contributed by atoms with van der Waals surface area (Å²) in [5.41, 5.74) is 4.78. The number of hydroxylamine groups is 3. The molecule has 0 spiro atoms. The number of tetrazole rings is 1. The Labute approximate surface area is 163 Å². The summed E-state index contributed by atoms with van der Waals surface area (Å²) in [6.07, 6.45) is 6.66. The van der Waals surface area contributed by atoms with Gasteiger partial charge in [-0.2, -0.15) is 0 Å². The molecular formula is C21H22N6O. The Morgan fingerprint density at radius 3 is 2.61 bits per heavy atom. The van der Waals surface area contributed by atoms with Gasteiger partial charge in [-0.05, 0) is 34.1 Å². The maximum Gasteiger partial charge on any atom is 0.180 e. The summed E-state index contributed by atoms with van der Waals surface area (Å²) in [6, 6.07) is 16.1. The molecule has 1 unspecified atom stereocenters. The van der Waals surface area contributed by atoms with Gasteiger partial charge < -0.3 is 15.2 Å². The number of hydrogen-bond donors (Lipinski definition) is 2. The van der Waals surface area contributed by atoms with Crippen molar-refractivity contribution in [3.05, 3.63) is 83.4 Å². The van der Waals surface area contributed by atoms with Crippen LogP contribution in [-0.4, -0.2) is 31.9 Å². The number of nitrogens with zero attached hydrogens (tertiary/aromatic N) is 4. The van der Waals surface area contributed by atoms with Crippen LogP contribution in [0.1, 0.15) is 18.9 Å². The number of rotatable bonds is 6. The molecule has 7 nitrogen and oxygen atoms in total. The van der Waals surface area contributed by atoms with E-state index < -0.39 is 4.65 Å². The number of benzene rings is 2. The molecule has 2 heterocycles. The fourth-order valence-corrected chi connectivity index (χ4v) is 3.38. The highest BCUT2D eigenvalue weighted by molar-refractivity contribution is 5.80. The summed E-state index contributed by atoms with van der Waals surface area (Å²) in [5, 5.41) is 30.4. The molecule has 2 aromatic carbocycles. The van der Waals surface area contributed by atoms with Crippen molar-refractivity contribution in [3.8, 4) is 22.5 Å². The van der Waals surface area contributed by atoms with Gasteiger partial charge in [-0.1, -0.05) is 61.5 Å². The maximum atomic E-state index is 13.2. The standard InChI is InChI=1S/C21H22N6O/c1-2-3-6-18-13-22-15-27(18,28)14-16-9-11-17(12-10-16)19-7-4-5-8-20(19)21-23-25-26-24-21/h3-13,22H,2,14-15H2,1H3,(H,23,24,25,26). The van der Waals surface area contributed by atoms with Crippen molar-refractivity contribution >= 4 is 0 Å². The molecule has 7 heteroatoms. The van der Waals surface area contributed by atoms with E-state index in [2.05, 4.69) is 32.9 Å². The zero-order chi connectivity index (χ0) is 19.4. The largest absolute Gasteiger partial charge is 0.626 e. The summed E-state index contributed by atoms with van der Waals surface area (Å²) < 4.78 is -0.393. The van der Waals surface area contributed by atoms with Crippen molar-refractivity contribution in [1.82, 2.24) is 25.9 Å². The van der Waals surface area contributed by atoms with E-state index in [1.54, 1.807) is 0 Å². The molecule has 28 heavy (non-hydrogen) atoms. The first-order valence-corrected chi connectivity index (χ1v) is 9.31. The molecule has 0 amide bonds. The van der Waals surface area contributed by atoms with Crippen LogP contribution in [0.3, 0.4) is 0 Å². The van der Waals surface area contributed by atoms with Crippen molar-refractivity contribution in [2.24, 2.45) is 0 Å². The third-order valence-electron chi connectivity index (χ3n) is 4.82. The highest BCUT2D eigenvalue weighted by Gasteiger charge is 2.26. The Morgan fingerprint density at radius 1 is 1.11 bits per heavy atom. The fourth-order valence-electron chi connectivity index (χ4n) is 3.38. The highest BCUT2D eigenvalue weighted by atomic mass is 16.5. The molecule has 4 rings (SSSR count). The molecule has 1 atom stereocenters. The number of H-pyrrole nitrogens is 1. The van der Waals surface area contributed by atoms with E-state index in [-0.39, 0.29) is 0 Å². The lowest BCUT2D eigenvalue weighted by Gasteiger charge is -2.38. The predicted octanol–water partition coefficient (Wildman–Crippen LogP) is 3.72. The van der Waals surface area contributed by atoms with E-state index in [0.717, 1.165) is 34.4 Å². The number of quaternary nitrogens is 1. The van der Waals surface area contributed by atoms with Gasteiger partial charge in [-0.3, -0.25) is 0 Å². The van der Waals surface area contributed by atoms with Gasteiger partial charge >= 0.3 is 0 Å². The van der Waals surface area contributed by atoms with E-state index in [9.17, 15) is 5.21 Å². The zero-order valence-electron chi connectivity index (χ0n) is 15.7. The fraction of sp³-hybridized carbons (Fsp3) is 0.190. The van der Waals surface area contributed by atoms with Gasteiger partial charge in [0.1, 0.15) is 12.2 Å². The third-order valence-corrected chi connectivity index (χ3v) is 4.82. The smallest absolute Gasteiger partial charge is 0.180 e. The molecule has 0 saturated heterocycles. The molecule has 2 N–H and O–H groups in total. The lowest BCUT2D eigenvalue weighted by atomic mass is 9.98. The number of aromatic amines is 1. The Morgan fingerprint density at radius 2 is 1.89 bits per heavy atom. The van der Waals surface area contributed by atoms with Gasteiger partial charge in [0.15, 0.2) is 12.5 Å².